The summed E-state index contributed by atoms with van der Waals surface area (Å²) in [6.45, 7) is 4.83. The second-order valence-electron chi connectivity index (χ2n) is 3.32. The molecule has 1 rings (SSSR count). The molecule has 0 saturated heterocycles. The van der Waals surface area contributed by atoms with Gasteiger partial charge in [-0.15, -0.1) is 0 Å². The summed E-state index contributed by atoms with van der Waals surface area (Å²) in [5, 5.41) is 8.67. The smallest absolute Gasteiger partial charge is 0.0948 e. The van der Waals surface area contributed by atoms with Gasteiger partial charge in [0.1, 0.15) is 0 Å². The van der Waals surface area contributed by atoms with Gasteiger partial charge >= 0.3 is 0 Å². The van der Waals surface area contributed by atoms with Crippen molar-refractivity contribution in [3.05, 3.63) is 18.2 Å². The topological polar surface area (TPSA) is 41.6 Å². The fraction of sp³-hybridized carbons (Fsp3) is 0.600. The van der Waals surface area contributed by atoms with E-state index in [1.807, 2.05) is 13.1 Å². The van der Waals surface area contributed by atoms with E-state index in [0.29, 0.717) is 0 Å². The molecule has 0 fully saturated rings. The first-order valence-corrected chi connectivity index (χ1v) is 4.66. The van der Waals surface area contributed by atoms with Gasteiger partial charge in [-0.05, 0) is 13.3 Å². The molecule has 0 aliphatic rings. The fourth-order valence-corrected chi connectivity index (χ4v) is 1.31. The van der Waals surface area contributed by atoms with Crippen molar-refractivity contribution in [2.45, 2.75) is 33.2 Å². The van der Waals surface area contributed by atoms with E-state index in [1.54, 1.807) is 6.33 Å². The molecule has 0 aliphatic carbocycles. The third-order valence-corrected chi connectivity index (χ3v) is 2.00. The Kier molecular flexibility index (Phi) is 3.51. The summed E-state index contributed by atoms with van der Waals surface area (Å²) in [6.07, 6.45) is 5.84. The van der Waals surface area contributed by atoms with Crippen LogP contribution in [0.2, 0.25) is 0 Å². The summed E-state index contributed by atoms with van der Waals surface area (Å²) in [7, 11) is 0. The Hall–Kier alpha value is -1.30. The van der Waals surface area contributed by atoms with Crippen LogP contribution in [-0.4, -0.2) is 9.55 Å². The number of imidazole rings is 1. The zero-order valence-electron chi connectivity index (χ0n) is 8.20. The van der Waals surface area contributed by atoms with Gasteiger partial charge in [-0.25, -0.2) is 4.98 Å². The number of rotatable bonds is 4. The number of hydrogen-bond acceptors (Lipinski definition) is 2. The van der Waals surface area contributed by atoms with E-state index >= 15 is 0 Å². The van der Waals surface area contributed by atoms with Crippen molar-refractivity contribution in [1.82, 2.24) is 9.55 Å². The van der Waals surface area contributed by atoms with Crippen LogP contribution in [0.4, 0.5) is 0 Å². The van der Waals surface area contributed by atoms with Crippen LogP contribution < -0.4 is 0 Å². The molecular weight excluding hydrogens is 162 g/mol. The van der Waals surface area contributed by atoms with E-state index in [0.717, 1.165) is 19.4 Å². The second kappa shape index (κ2) is 4.66. The number of aryl methyl sites for hydroxylation is 1. The normalized spacial score (nSPS) is 12.4. The van der Waals surface area contributed by atoms with Gasteiger partial charge in [-0.2, -0.15) is 5.26 Å². The van der Waals surface area contributed by atoms with Gasteiger partial charge < -0.3 is 4.57 Å². The molecule has 1 unspecified atom stereocenters. The highest BCUT2D eigenvalue weighted by atomic mass is 15.0. The first-order valence-electron chi connectivity index (χ1n) is 4.66. The highest BCUT2D eigenvalue weighted by Crippen LogP contribution is 2.06. The zero-order chi connectivity index (χ0) is 9.68. The first-order chi connectivity index (χ1) is 6.27. The lowest BCUT2D eigenvalue weighted by Crippen LogP contribution is -2.07. The predicted octanol–water partition coefficient (Wildman–Crippen LogP) is 2.00. The molecule has 1 aromatic rings. The number of nitrogens with zero attached hydrogens (tertiary/aromatic N) is 3. The van der Waals surface area contributed by atoms with Crippen molar-refractivity contribution >= 4 is 0 Å². The molecule has 1 heterocycles. The van der Waals surface area contributed by atoms with Crippen molar-refractivity contribution in [3.63, 3.8) is 0 Å². The van der Waals surface area contributed by atoms with Crippen LogP contribution in [0.15, 0.2) is 12.5 Å². The Morgan fingerprint density at radius 3 is 3.08 bits per heavy atom. The first kappa shape index (κ1) is 9.79. The monoisotopic (exact) mass is 177 g/mol. The maximum absolute atomic E-state index is 8.67. The quantitative estimate of drug-likeness (QED) is 0.705. The molecular formula is C10H15N3. The van der Waals surface area contributed by atoms with Crippen LogP contribution in [-0.2, 0) is 13.0 Å². The molecule has 70 valence electrons. The molecule has 0 spiro atoms. The minimum absolute atomic E-state index is 0.0600. The summed E-state index contributed by atoms with van der Waals surface area (Å²) >= 11 is 0. The lowest BCUT2D eigenvalue weighted by Gasteiger charge is -2.07. The molecule has 1 atom stereocenters. The summed E-state index contributed by atoms with van der Waals surface area (Å²) < 4.78 is 2.07. The summed E-state index contributed by atoms with van der Waals surface area (Å²) in [5.41, 5.74) is 1.23. The highest BCUT2D eigenvalue weighted by molar-refractivity contribution is 4.99. The maximum Gasteiger partial charge on any atom is 0.0948 e. The van der Waals surface area contributed by atoms with Crippen molar-refractivity contribution in [1.29, 1.82) is 5.26 Å². The van der Waals surface area contributed by atoms with E-state index in [2.05, 4.69) is 22.5 Å². The van der Waals surface area contributed by atoms with Crippen LogP contribution in [0.5, 0.6) is 0 Å². The standard InChI is InChI=1S/C10H15N3/c1-3-4-10-6-12-8-13(10)7-9(2)5-11/h6,8-9H,3-4,7H2,1-2H3. The van der Waals surface area contributed by atoms with Crippen molar-refractivity contribution in [3.8, 4) is 6.07 Å². The number of aromatic nitrogens is 2. The summed E-state index contributed by atoms with van der Waals surface area (Å²) in [4.78, 5) is 4.08. The lowest BCUT2D eigenvalue weighted by atomic mass is 10.2. The summed E-state index contributed by atoms with van der Waals surface area (Å²) in [6, 6.07) is 2.22. The molecule has 0 bridgehead atoms. The Morgan fingerprint density at radius 2 is 2.46 bits per heavy atom. The SMILES string of the molecule is CCCc1cncn1CC(C)C#N. The van der Waals surface area contributed by atoms with E-state index in [1.165, 1.54) is 5.69 Å². The van der Waals surface area contributed by atoms with Crippen LogP contribution in [0.3, 0.4) is 0 Å². The van der Waals surface area contributed by atoms with E-state index in [9.17, 15) is 0 Å². The molecule has 0 aromatic carbocycles. The van der Waals surface area contributed by atoms with Gasteiger partial charge in [-0.1, -0.05) is 13.3 Å². The van der Waals surface area contributed by atoms with Crippen molar-refractivity contribution < 1.29 is 0 Å². The fourth-order valence-electron chi connectivity index (χ4n) is 1.31. The summed E-state index contributed by atoms with van der Waals surface area (Å²) in [5.74, 6) is 0.0600. The van der Waals surface area contributed by atoms with Gasteiger partial charge in [0.2, 0.25) is 0 Å². The second-order valence-corrected chi connectivity index (χ2v) is 3.32. The van der Waals surface area contributed by atoms with Gasteiger partial charge in [0.25, 0.3) is 0 Å². The molecule has 0 aliphatic heterocycles. The van der Waals surface area contributed by atoms with Gasteiger partial charge in [0.05, 0.1) is 18.3 Å². The van der Waals surface area contributed by atoms with Gasteiger partial charge in [0.15, 0.2) is 0 Å². The van der Waals surface area contributed by atoms with E-state index < -0.39 is 0 Å². The lowest BCUT2D eigenvalue weighted by molar-refractivity contribution is 0.558. The van der Waals surface area contributed by atoms with E-state index in [4.69, 9.17) is 5.26 Å². The largest absolute Gasteiger partial charge is 0.333 e. The Morgan fingerprint density at radius 1 is 1.69 bits per heavy atom. The molecule has 1 aromatic heterocycles. The van der Waals surface area contributed by atoms with Crippen molar-refractivity contribution in [2.24, 2.45) is 5.92 Å². The van der Waals surface area contributed by atoms with Crippen LogP contribution in [0, 0.1) is 17.2 Å². The van der Waals surface area contributed by atoms with Crippen LogP contribution in [0.25, 0.3) is 0 Å². The van der Waals surface area contributed by atoms with Gasteiger partial charge in [0, 0.05) is 18.4 Å². The Labute approximate surface area is 79.0 Å². The zero-order valence-corrected chi connectivity index (χ0v) is 8.20. The molecule has 0 radical (unpaired) electrons. The molecule has 0 N–H and O–H groups in total. The molecule has 3 heteroatoms. The molecule has 0 saturated carbocycles. The molecule has 0 amide bonds. The molecule has 3 nitrogen and oxygen atoms in total. The average Bonchev–Trinajstić information content (AvgIpc) is 2.54. The van der Waals surface area contributed by atoms with Crippen LogP contribution in [0.1, 0.15) is 26.0 Å². The number of nitriles is 1. The number of hydrogen-bond donors (Lipinski definition) is 0. The van der Waals surface area contributed by atoms with Crippen molar-refractivity contribution in [2.75, 3.05) is 0 Å². The molecule has 13 heavy (non-hydrogen) atoms. The average molecular weight is 177 g/mol. The third kappa shape index (κ3) is 2.59. The Bertz CT molecular complexity index is 295. The van der Waals surface area contributed by atoms with E-state index in [-0.39, 0.29) is 5.92 Å². The predicted molar refractivity (Wildman–Crippen MR) is 51.0 cm³/mol. The highest BCUT2D eigenvalue weighted by Gasteiger charge is 2.04. The minimum atomic E-state index is 0.0600. The van der Waals surface area contributed by atoms with Gasteiger partial charge in [-0.3, -0.25) is 0 Å². The third-order valence-electron chi connectivity index (χ3n) is 2.00. The Balaban J connectivity index is 2.66. The maximum atomic E-state index is 8.67. The minimum Gasteiger partial charge on any atom is -0.333 e. The van der Waals surface area contributed by atoms with Crippen LogP contribution >= 0.6 is 0 Å².